The van der Waals surface area contributed by atoms with Crippen LogP contribution in [0.5, 0.6) is 6.01 Å². The Morgan fingerprint density at radius 1 is 1.09 bits per heavy atom. The van der Waals surface area contributed by atoms with Crippen LogP contribution >= 0.6 is 0 Å². The number of hydrogen-bond acceptors (Lipinski definition) is 7. The molecule has 0 amide bonds. The van der Waals surface area contributed by atoms with Crippen molar-refractivity contribution in [2.24, 2.45) is 0 Å². The molecule has 1 N–H and O–H groups in total. The zero-order valence-electron chi connectivity index (χ0n) is 18.5. The van der Waals surface area contributed by atoms with E-state index in [2.05, 4.69) is 9.88 Å². The molecule has 9 heteroatoms. The average molecular weight is 453 g/mol. The second-order valence-electron chi connectivity index (χ2n) is 7.71. The number of ether oxygens (including phenoxy) is 3. The molecule has 0 spiro atoms. The number of hydrogen-bond donors (Lipinski definition) is 1. The number of carbonyl (C=O) groups excluding carboxylic acids is 1. The monoisotopic (exact) mass is 453 g/mol. The van der Waals surface area contributed by atoms with Crippen LogP contribution in [0.15, 0.2) is 42.5 Å². The van der Waals surface area contributed by atoms with Gasteiger partial charge >= 0.3 is 11.9 Å². The van der Waals surface area contributed by atoms with Crippen molar-refractivity contribution in [2.75, 3.05) is 46.1 Å². The molecule has 1 aliphatic heterocycles. The van der Waals surface area contributed by atoms with Crippen LogP contribution in [0.2, 0.25) is 0 Å². The first-order valence-corrected chi connectivity index (χ1v) is 11.0. The second-order valence-corrected chi connectivity index (χ2v) is 7.71. The Kier molecular flexibility index (Phi) is 7.21. The van der Waals surface area contributed by atoms with Gasteiger partial charge in [0.1, 0.15) is 6.61 Å². The fourth-order valence-corrected chi connectivity index (χ4v) is 3.73. The van der Waals surface area contributed by atoms with Crippen LogP contribution in [0.1, 0.15) is 33.2 Å². The number of carbonyl (C=O) groups is 2. The molecule has 0 aliphatic carbocycles. The number of aromatic carboxylic acids is 1. The first kappa shape index (κ1) is 22.8. The van der Waals surface area contributed by atoms with Crippen LogP contribution < -0.4 is 4.74 Å². The Balaban J connectivity index is 1.44. The fraction of sp³-hybridized carbons (Fsp3) is 0.375. The van der Waals surface area contributed by atoms with Crippen LogP contribution in [-0.4, -0.2) is 77.6 Å². The van der Waals surface area contributed by atoms with Gasteiger partial charge in [-0.25, -0.2) is 9.59 Å². The molecule has 174 valence electrons. The van der Waals surface area contributed by atoms with Crippen molar-refractivity contribution in [1.29, 1.82) is 0 Å². The van der Waals surface area contributed by atoms with Crippen molar-refractivity contribution in [1.82, 2.24) is 14.5 Å². The third-order valence-corrected chi connectivity index (χ3v) is 5.51. The number of imidazole rings is 1. The van der Waals surface area contributed by atoms with Crippen molar-refractivity contribution >= 4 is 23.0 Å². The highest BCUT2D eigenvalue weighted by Gasteiger charge is 2.16. The van der Waals surface area contributed by atoms with E-state index in [1.54, 1.807) is 24.3 Å². The Morgan fingerprint density at radius 3 is 2.52 bits per heavy atom. The summed E-state index contributed by atoms with van der Waals surface area (Å²) in [5.74, 6) is -1.36. The summed E-state index contributed by atoms with van der Waals surface area (Å²) in [4.78, 5) is 30.5. The molecule has 33 heavy (non-hydrogen) atoms. The van der Waals surface area contributed by atoms with Gasteiger partial charge < -0.3 is 19.3 Å². The molecule has 4 rings (SSSR count). The van der Waals surface area contributed by atoms with E-state index in [9.17, 15) is 14.7 Å². The summed E-state index contributed by atoms with van der Waals surface area (Å²) in [5, 5.41) is 9.34. The summed E-state index contributed by atoms with van der Waals surface area (Å²) in [6.45, 7) is 6.89. The largest absolute Gasteiger partial charge is 0.478 e. The number of fused-ring (bicyclic) bond motifs is 1. The predicted molar refractivity (Wildman–Crippen MR) is 121 cm³/mol. The summed E-state index contributed by atoms with van der Waals surface area (Å²) in [6.07, 6.45) is 0. The van der Waals surface area contributed by atoms with E-state index in [1.165, 1.54) is 6.07 Å². The highest BCUT2D eigenvalue weighted by molar-refractivity contribution is 5.92. The van der Waals surface area contributed by atoms with Crippen molar-refractivity contribution < 1.29 is 28.9 Å². The summed E-state index contributed by atoms with van der Waals surface area (Å²) >= 11 is 0. The number of aromatic nitrogens is 2. The summed E-state index contributed by atoms with van der Waals surface area (Å²) in [6, 6.07) is 12.4. The molecule has 1 aromatic heterocycles. The van der Waals surface area contributed by atoms with Crippen LogP contribution in [-0.2, 0) is 16.0 Å². The number of rotatable bonds is 9. The van der Waals surface area contributed by atoms with E-state index in [0.717, 1.165) is 18.7 Å². The minimum atomic E-state index is -1.00. The zero-order chi connectivity index (χ0) is 23.2. The maximum atomic E-state index is 12.4. The smallest absolute Gasteiger partial charge is 0.338 e. The van der Waals surface area contributed by atoms with Gasteiger partial charge in [-0.2, -0.15) is 4.98 Å². The van der Waals surface area contributed by atoms with Gasteiger partial charge in [0.25, 0.3) is 6.01 Å². The fourth-order valence-electron chi connectivity index (χ4n) is 3.73. The summed E-state index contributed by atoms with van der Waals surface area (Å²) < 4.78 is 18.2. The Labute approximate surface area is 191 Å². The molecule has 3 aromatic rings. The standard InChI is InChI=1S/C24H27N3O6/c1-2-32-24-25-20-8-7-19(22(28)29)15-21(20)27(24)16-17-3-5-18(6-4-17)23(30)33-14-11-26-9-12-31-13-10-26/h3-8,15H,2,9-14,16H2,1H3,(H,28,29). The molecule has 0 atom stereocenters. The number of esters is 1. The first-order valence-electron chi connectivity index (χ1n) is 11.0. The third kappa shape index (κ3) is 5.50. The lowest BCUT2D eigenvalue weighted by Crippen LogP contribution is -2.38. The molecule has 0 bridgehead atoms. The Bertz CT molecular complexity index is 1120. The van der Waals surface area contributed by atoms with Crippen LogP contribution in [0, 0.1) is 0 Å². The molecular formula is C24H27N3O6. The number of morpholine rings is 1. The van der Waals surface area contributed by atoms with Crippen LogP contribution in [0.25, 0.3) is 11.0 Å². The van der Waals surface area contributed by atoms with Gasteiger partial charge in [0.2, 0.25) is 0 Å². The van der Waals surface area contributed by atoms with E-state index in [4.69, 9.17) is 14.2 Å². The minimum absolute atomic E-state index is 0.182. The van der Waals surface area contributed by atoms with E-state index in [0.29, 0.717) is 62.1 Å². The van der Waals surface area contributed by atoms with Gasteiger partial charge in [-0.1, -0.05) is 12.1 Å². The lowest BCUT2D eigenvalue weighted by atomic mass is 10.1. The maximum Gasteiger partial charge on any atom is 0.338 e. The maximum absolute atomic E-state index is 12.4. The van der Waals surface area contributed by atoms with Gasteiger partial charge in [0.05, 0.1) is 48.5 Å². The van der Waals surface area contributed by atoms with E-state index in [1.807, 2.05) is 23.6 Å². The molecule has 1 aliphatic rings. The van der Waals surface area contributed by atoms with Gasteiger partial charge in [-0.15, -0.1) is 0 Å². The predicted octanol–water partition coefficient (Wildman–Crippen LogP) is 2.67. The van der Waals surface area contributed by atoms with Gasteiger partial charge in [-0.3, -0.25) is 9.47 Å². The molecule has 2 aromatic carbocycles. The lowest BCUT2D eigenvalue weighted by molar-refractivity contribution is 0.0195. The molecule has 2 heterocycles. The Hall–Kier alpha value is -3.43. The van der Waals surface area contributed by atoms with Crippen molar-refractivity contribution in [3.63, 3.8) is 0 Å². The number of carboxylic acids is 1. The van der Waals surface area contributed by atoms with Crippen molar-refractivity contribution in [3.05, 3.63) is 59.2 Å². The third-order valence-electron chi connectivity index (χ3n) is 5.51. The summed E-state index contributed by atoms with van der Waals surface area (Å²) in [7, 11) is 0. The molecule has 1 saturated heterocycles. The summed E-state index contributed by atoms with van der Waals surface area (Å²) in [5.41, 5.74) is 2.91. The first-order chi connectivity index (χ1) is 16.0. The highest BCUT2D eigenvalue weighted by Crippen LogP contribution is 2.24. The zero-order valence-corrected chi connectivity index (χ0v) is 18.5. The normalized spacial score (nSPS) is 14.3. The molecule has 0 radical (unpaired) electrons. The lowest BCUT2D eigenvalue weighted by Gasteiger charge is -2.26. The molecular weight excluding hydrogens is 426 g/mol. The second kappa shape index (κ2) is 10.5. The van der Waals surface area contributed by atoms with E-state index in [-0.39, 0.29) is 11.5 Å². The SMILES string of the molecule is CCOc1nc2ccc(C(=O)O)cc2n1Cc1ccc(C(=O)OCCN2CCOCC2)cc1. The van der Waals surface area contributed by atoms with Crippen molar-refractivity contribution in [3.8, 4) is 6.01 Å². The van der Waals surface area contributed by atoms with Gasteiger partial charge in [0, 0.05) is 19.6 Å². The van der Waals surface area contributed by atoms with Crippen LogP contribution in [0.3, 0.4) is 0 Å². The molecule has 0 unspecified atom stereocenters. The minimum Gasteiger partial charge on any atom is -0.478 e. The quantitative estimate of drug-likeness (QED) is 0.494. The topological polar surface area (TPSA) is 103 Å². The van der Waals surface area contributed by atoms with E-state index >= 15 is 0 Å². The van der Waals surface area contributed by atoms with Crippen molar-refractivity contribution in [2.45, 2.75) is 13.5 Å². The number of carboxylic acid groups (broad SMARTS) is 1. The van der Waals surface area contributed by atoms with E-state index < -0.39 is 5.97 Å². The number of nitrogens with zero attached hydrogens (tertiary/aromatic N) is 3. The highest BCUT2D eigenvalue weighted by atomic mass is 16.5. The number of benzene rings is 2. The van der Waals surface area contributed by atoms with Crippen LogP contribution in [0.4, 0.5) is 0 Å². The average Bonchev–Trinajstić information content (AvgIpc) is 3.16. The molecule has 0 saturated carbocycles. The molecule has 1 fully saturated rings. The Morgan fingerprint density at radius 2 is 1.82 bits per heavy atom. The molecule has 9 nitrogen and oxygen atoms in total. The van der Waals surface area contributed by atoms with Gasteiger partial charge in [-0.05, 0) is 42.8 Å². The van der Waals surface area contributed by atoms with Gasteiger partial charge in [0.15, 0.2) is 0 Å².